The highest BCUT2D eigenvalue weighted by Crippen LogP contribution is 2.28. The topological polar surface area (TPSA) is 212 Å². The lowest BCUT2D eigenvalue weighted by atomic mass is 10.1. The second kappa shape index (κ2) is 40.0. The number of benzene rings is 4. The lowest BCUT2D eigenvalue weighted by Crippen LogP contribution is -2.15. The van der Waals surface area contributed by atoms with Crippen molar-refractivity contribution in [2.45, 2.75) is 122 Å². The van der Waals surface area contributed by atoms with Crippen LogP contribution in [0, 0.1) is 0 Å². The quantitative estimate of drug-likeness (QED) is 0.0133. The number of unbranched alkanes of at least 4 members (excludes halogenated alkanes) is 15. The molecule has 0 fully saturated rings. The van der Waals surface area contributed by atoms with Crippen LogP contribution in [-0.4, -0.2) is 94.6 Å². The summed E-state index contributed by atoms with van der Waals surface area (Å²) in [7, 11) is 0. The Balaban J connectivity index is 1.26. The Labute approximate surface area is 475 Å². The zero-order valence-corrected chi connectivity index (χ0v) is 46.5. The molecule has 17 heteroatoms. The van der Waals surface area contributed by atoms with Gasteiger partial charge in [0.1, 0.15) is 34.3 Å². The third-order valence-corrected chi connectivity index (χ3v) is 12.3. The fourth-order valence-electron chi connectivity index (χ4n) is 7.76. The van der Waals surface area contributed by atoms with Gasteiger partial charge in [-0.1, -0.05) is 83.9 Å². The summed E-state index contributed by atoms with van der Waals surface area (Å²) in [6.07, 6.45) is 20.7. The Kier molecular flexibility index (Phi) is 32.3. The van der Waals surface area contributed by atoms with Gasteiger partial charge >= 0.3 is 41.8 Å². The van der Waals surface area contributed by atoms with E-state index in [-0.39, 0.29) is 47.8 Å². The summed E-state index contributed by atoms with van der Waals surface area (Å²) in [6.45, 7) is 12.6. The molecule has 0 aromatic heterocycles. The van der Waals surface area contributed by atoms with Crippen LogP contribution in [0.25, 0.3) is 0 Å². The molecular weight excluding hydrogens is 1040 g/mol. The van der Waals surface area contributed by atoms with Crippen molar-refractivity contribution in [3.8, 4) is 28.7 Å². The van der Waals surface area contributed by atoms with Gasteiger partial charge in [-0.05, 0) is 142 Å². The summed E-state index contributed by atoms with van der Waals surface area (Å²) in [6, 6.07) is 23.4. The molecule has 436 valence electrons. The van der Waals surface area contributed by atoms with Crippen LogP contribution in [0.3, 0.4) is 0 Å². The maximum atomic E-state index is 13.7. The van der Waals surface area contributed by atoms with Crippen molar-refractivity contribution in [2.75, 3.05) is 52.9 Å². The molecule has 0 aliphatic heterocycles. The van der Waals surface area contributed by atoms with Crippen LogP contribution in [0.5, 0.6) is 28.7 Å². The molecule has 0 amide bonds. The Morgan fingerprint density at radius 1 is 0.296 bits per heavy atom. The molecule has 0 radical (unpaired) electrons. The number of carbonyl (C=O) groups excluding carboxylic acids is 7. The van der Waals surface area contributed by atoms with E-state index >= 15 is 0 Å². The van der Waals surface area contributed by atoms with E-state index in [0.29, 0.717) is 62.5 Å². The van der Waals surface area contributed by atoms with Crippen molar-refractivity contribution in [3.05, 3.63) is 151 Å². The third-order valence-electron chi connectivity index (χ3n) is 12.3. The monoisotopic (exact) mass is 1120 g/mol. The van der Waals surface area contributed by atoms with Crippen LogP contribution in [0.4, 0.5) is 0 Å². The Bertz CT molecular complexity index is 2570. The minimum absolute atomic E-state index is 0.0143. The van der Waals surface area contributed by atoms with Crippen molar-refractivity contribution in [3.63, 3.8) is 0 Å². The number of hydrogen-bond acceptors (Lipinski definition) is 17. The van der Waals surface area contributed by atoms with Gasteiger partial charge in [0.05, 0.1) is 69.5 Å². The maximum Gasteiger partial charge on any atom is 0.343 e. The SMILES string of the molecule is C=CC(=O)OCCCCCCCCCOc1ccc(C(=O)Oc2ccc(OC(=O)c3ccc(OCCCCCCCCCOC(=O)C=C)cc3)c(C(=O)OCCCOC(=O)c3ccc(OCCCCCCOC(=O)C=C)cc3)c2)cc1. The molecule has 4 aromatic carbocycles. The molecule has 0 saturated carbocycles. The first-order valence-electron chi connectivity index (χ1n) is 28.0. The van der Waals surface area contributed by atoms with Crippen LogP contribution >= 0.6 is 0 Å². The highest BCUT2D eigenvalue weighted by molar-refractivity contribution is 5.97. The largest absolute Gasteiger partial charge is 0.494 e. The Hall–Kier alpha value is -8.21. The van der Waals surface area contributed by atoms with Gasteiger partial charge in [0.25, 0.3) is 0 Å². The van der Waals surface area contributed by atoms with Crippen molar-refractivity contribution in [2.24, 2.45) is 0 Å². The molecule has 17 nitrogen and oxygen atoms in total. The molecule has 0 aliphatic carbocycles. The highest BCUT2D eigenvalue weighted by atomic mass is 16.6. The van der Waals surface area contributed by atoms with Crippen LogP contribution in [0.1, 0.15) is 163 Å². The average molecular weight is 1120 g/mol. The van der Waals surface area contributed by atoms with Gasteiger partial charge in [-0.2, -0.15) is 0 Å². The summed E-state index contributed by atoms with van der Waals surface area (Å²) < 4.78 is 54.9. The second-order valence-electron chi connectivity index (χ2n) is 18.7. The molecule has 0 unspecified atom stereocenters. The van der Waals surface area contributed by atoms with Gasteiger partial charge in [0.2, 0.25) is 0 Å². The van der Waals surface area contributed by atoms with E-state index in [9.17, 15) is 33.6 Å². The molecule has 0 aliphatic rings. The van der Waals surface area contributed by atoms with Crippen LogP contribution in [0.2, 0.25) is 0 Å². The molecule has 0 N–H and O–H groups in total. The molecule has 0 heterocycles. The molecule has 4 aromatic rings. The van der Waals surface area contributed by atoms with Crippen LogP contribution in [-0.2, 0) is 38.1 Å². The molecule has 81 heavy (non-hydrogen) atoms. The summed E-state index contributed by atoms with van der Waals surface area (Å²) in [5.74, 6) is -2.55. The van der Waals surface area contributed by atoms with E-state index in [2.05, 4.69) is 19.7 Å². The van der Waals surface area contributed by atoms with E-state index in [1.54, 1.807) is 72.8 Å². The molecule has 0 atom stereocenters. The van der Waals surface area contributed by atoms with Gasteiger partial charge in [-0.25, -0.2) is 33.6 Å². The highest BCUT2D eigenvalue weighted by Gasteiger charge is 2.21. The predicted octanol–water partition coefficient (Wildman–Crippen LogP) is 12.9. The van der Waals surface area contributed by atoms with Crippen molar-refractivity contribution >= 4 is 41.8 Å². The van der Waals surface area contributed by atoms with Crippen molar-refractivity contribution < 1.29 is 80.9 Å². The predicted molar refractivity (Wildman–Crippen MR) is 304 cm³/mol. The van der Waals surface area contributed by atoms with Gasteiger partial charge in [-0.3, -0.25) is 0 Å². The number of hydrogen-bond donors (Lipinski definition) is 0. The zero-order chi connectivity index (χ0) is 58.1. The smallest absolute Gasteiger partial charge is 0.343 e. The summed E-state index contributed by atoms with van der Waals surface area (Å²) in [5, 5.41) is 0. The minimum atomic E-state index is -0.882. The summed E-state index contributed by atoms with van der Waals surface area (Å²) >= 11 is 0. The van der Waals surface area contributed by atoms with E-state index in [4.69, 9.17) is 47.4 Å². The summed E-state index contributed by atoms with van der Waals surface area (Å²) in [5.41, 5.74) is 0.537. The van der Waals surface area contributed by atoms with Gasteiger partial charge in [0, 0.05) is 24.6 Å². The van der Waals surface area contributed by atoms with Gasteiger partial charge < -0.3 is 47.4 Å². The zero-order valence-electron chi connectivity index (χ0n) is 46.5. The first-order chi connectivity index (χ1) is 39.5. The minimum Gasteiger partial charge on any atom is -0.494 e. The first kappa shape index (κ1) is 65.3. The van der Waals surface area contributed by atoms with E-state index < -0.39 is 41.8 Å². The number of ether oxygens (including phenoxy) is 10. The van der Waals surface area contributed by atoms with Gasteiger partial charge in [0.15, 0.2) is 0 Å². The van der Waals surface area contributed by atoms with E-state index in [1.807, 2.05) is 0 Å². The molecule has 0 saturated heterocycles. The van der Waals surface area contributed by atoms with E-state index in [0.717, 1.165) is 134 Å². The van der Waals surface area contributed by atoms with Crippen LogP contribution < -0.4 is 23.7 Å². The normalized spacial score (nSPS) is 10.6. The van der Waals surface area contributed by atoms with Crippen LogP contribution in [0.15, 0.2) is 129 Å². The summed E-state index contributed by atoms with van der Waals surface area (Å²) in [4.78, 5) is 86.6. The van der Waals surface area contributed by atoms with Gasteiger partial charge in [-0.15, -0.1) is 0 Å². The number of esters is 7. The third kappa shape index (κ3) is 28.0. The molecule has 0 bridgehead atoms. The Morgan fingerprint density at radius 2 is 0.593 bits per heavy atom. The van der Waals surface area contributed by atoms with E-state index in [1.165, 1.54) is 18.2 Å². The maximum absolute atomic E-state index is 13.7. The van der Waals surface area contributed by atoms with Crippen molar-refractivity contribution in [1.29, 1.82) is 0 Å². The van der Waals surface area contributed by atoms with Crippen molar-refractivity contribution in [1.82, 2.24) is 0 Å². The molecule has 4 rings (SSSR count). The second-order valence-corrected chi connectivity index (χ2v) is 18.7. The number of rotatable bonds is 43. The number of carbonyl (C=O) groups is 7. The lowest BCUT2D eigenvalue weighted by molar-refractivity contribution is -0.138. The Morgan fingerprint density at radius 3 is 0.963 bits per heavy atom. The fourth-order valence-corrected chi connectivity index (χ4v) is 7.76. The molecular formula is C64H78O17. The molecule has 0 spiro atoms. The average Bonchev–Trinajstić information content (AvgIpc) is 3.48. The standard InChI is InChI=1S/C64H78O17/c1-4-58(65)75-43-22-15-11-7-9-13-19-40-72-53-34-28-50(29-35-53)62(69)80-55-38-39-57(81-63(70)51-30-36-54(37-31-51)73-41-20-14-10-8-12-16-23-44-76-59(66)5-2)56(48-55)64(71)79-47-25-46-78-61(68)49-26-32-52(33-27-49)74-42-21-17-18-24-45-77-60(67)6-3/h4-6,26-39,48H,1-3,7-25,40-47H2. The lowest BCUT2D eigenvalue weighted by Gasteiger charge is -2.13. The first-order valence-corrected chi connectivity index (χ1v) is 28.0. The fraction of sp³-hybridized carbons (Fsp3) is 0.422.